The summed E-state index contributed by atoms with van der Waals surface area (Å²) in [6.45, 7) is -0.130. The molecule has 13 N–H and O–H groups in total. The quantitative estimate of drug-likeness (QED) is 0.101. The predicted molar refractivity (Wildman–Crippen MR) is 144 cm³/mol. The van der Waals surface area contributed by atoms with Gasteiger partial charge < -0.3 is 99.8 Å². The molecule has 4 fully saturated rings. The summed E-state index contributed by atoms with van der Waals surface area (Å²) >= 11 is 0. The predicted octanol–water partition coefficient (Wildman–Crippen LogP) is -8.58. The fourth-order valence-corrected chi connectivity index (χ4v) is 5.86. The second-order valence-electron chi connectivity index (χ2n) is 11.9. The Morgan fingerprint density at radius 2 is 1.06 bits per heavy atom. The SMILES string of the molecule is CC(=O)N[C@H]1[C@H](O[C@@H]2[C@@H](O)[C@H](O)O[C@H](CO)[C@@H]2O)O[C@H](CO)[C@@H](O)[C@@H]1O[C@@H]1O[C@H](CO)[C@H](O)[C@H](O)[C@H]1O[C@@H]1O[C@@H](C)[C@@H](O)[C@@H](O)[C@@H]1O. The van der Waals surface area contributed by atoms with Crippen molar-refractivity contribution >= 4 is 5.91 Å². The van der Waals surface area contributed by atoms with Crippen LogP contribution in [-0.2, 0) is 38.0 Å². The molecule has 0 spiro atoms. The van der Waals surface area contributed by atoms with E-state index in [4.69, 9.17) is 33.2 Å². The highest BCUT2D eigenvalue weighted by molar-refractivity contribution is 5.73. The zero-order chi connectivity index (χ0) is 34.9. The molecule has 0 radical (unpaired) electrons. The summed E-state index contributed by atoms with van der Waals surface area (Å²) in [4.78, 5) is 12.3. The second kappa shape index (κ2) is 16.2. The lowest BCUT2D eigenvalue weighted by Crippen LogP contribution is -2.70. The van der Waals surface area contributed by atoms with Crippen LogP contribution in [0.3, 0.4) is 0 Å². The summed E-state index contributed by atoms with van der Waals surface area (Å²) < 4.78 is 39.1. The highest BCUT2D eigenvalue weighted by Crippen LogP contribution is 2.34. The summed E-state index contributed by atoms with van der Waals surface area (Å²) in [5, 5.41) is 127. The molecule has 274 valence electrons. The fourth-order valence-electron chi connectivity index (χ4n) is 5.86. The molecule has 4 rings (SSSR count). The maximum atomic E-state index is 12.3. The van der Waals surface area contributed by atoms with Crippen molar-refractivity contribution in [2.24, 2.45) is 0 Å². The van der Waals surface area contributed by atoms with E-state index in [-0.39, 0.29) is 0 Å². The van der Waals surface area contributed by atoms with Crippen molar-refractivity contribution in [1.82, 2.24) is 5.32 Å². The zero-order valence-corrected chi connectivity index (χ0v) is 25.3. The molecule has 4 aliphatic heterocycles. The number of nitrogens with one attached hydrogen (secondary N) is 1. The maximum absolute atomic E-state index is 12.3. The van der Waals surface area contributed by atoms with Crippen molar-refractivity contribution in [2.75, 3.05) is 19.8 Å². The number of hydrogen-bond donors (Lipinski definition) is 13. The summed E-state index contributed by atoms with van der Waals surface area (Å²) in [6.07, 6.45) is -32.6. The molecular formula is C26H45NO20. The minimum Gasteiger partial charge on any atom is -0.394 e. The van der Waals surface area contributed by atoms with Gasteiger partial charge in [0.2, 0.25) is 5.91 Å². The Labute approximate surface area is 267 Å². The first-order valence-electron chi connectivity index (χ1n) is 15.0. The summed E-state index contributed by atoms with van der Waals surface area (Å²) in [5.74, 6) is -0.752. The molecule has 4 saturated heterocycles. The van der Waals surface area contributed by atoms with Crippen LogP contribution in [0.4, 0.5) is 0 Å². The molecule has 21 heteroatoms. The molecule has 0 aliphatic carbocycles. The normalized spacial score (nSPS) is 51.0. The van der Waals surface area contributed by atoms with Crippen LogP contribution >= 0.6 is 0 Å². The van der Waals surface area contributed by atoms with E-state index in [0.29, 0.717) is 0 Å². The topological polar surface area (TPSA) is 336 Å². The van der Waals surface area contributed by atoms with Gasteiger partial charge in [0.25, 0.3) is 0 Å². The molecule has 4 aliphatic rings. The van der Waals surface area contributed by atoms with E-state index in [0.717, 1.165) is 6.92 Å². The zero-order valence-electron chi connectivity index (χ0n) is 25.3. The number of aliphatic hydroxyl groups is 12. The number of carbonyl (C=O) groups excluding carboxylic acids is 1. The summed E-state index contributed by atoms with van der Waals surface area (Å²) in [6, 6.07) is -1.59. The summed E-state index contributed by atoms with van der Waals surface area (Å²) in [7, 11) is 0. The van der Waals surface area contributed by atoms with Gasteiger partial charge >= 0.3 is 0 Å². The fraction of sp³-hybridized carbons (Fsp3) is 0.962. The van der Waals surface area contributed by atoms with Gasteiger partial charge in [0.15, 0.2) is 25.2 Å². The van der Waals surface area contributed by atoms with Gasteiger partial charge in [-0.3, -0.25) is 4.79 Å². The number of aliphatic hydroxyl groups excluding tert-OH is 12. The van der Waals surface area contributed by atoms with Gasteiger partial charge in [0.05, 0.1) is 25.9 Å². The molecule has 47 heavy (non-hydrogen) atoms. The van der Waals surface area contributed by atoms with Crippen LogP contribution in [0.1, 0.15) is 13.8 Å². The van der Waals surface area contributed by atoms with Gasteiger partial charge in [-0.05, 0) is 6.92 Å². The van der Waals surface area contributed by atoms with Crippen LogP contribution in [0.15, 0.2) is 0 Å². The molecule has 21 nitrogen and oxygen atoms in total. The Bertz CT molecular complexity index is 1010. The maximum Gasteiger partial charge on any atom is 0.217 e. The van der Waals surface area contributed by atoms with Crippen LogP contribution in [0.5, 0.6) is 0 Å². The van der Waals surface area contributed by atoms with E-state index in [1.807, 2.05) is 0 Å². The molecule has 0 aromatic carbocycles. The van der Waals surface area contributed by atoms with Gasteiger partial charge in [0.1, 0.15) is 91.5 Å². The highest BCUT2D eigenvalue weighted by atomic mass is 16.8. The van der Waals surface area contributed by atoms with E-state index >= 15 is 0 Å². The Morgan fingerprint density at radius 3 is 1.66 bits per heavy atom. The molecule has 0 bridgehead atoms. The van der Waals surface area contributed by atoms with Crippen LogP contribution in [0.2, 0.25) is 0 Å². The Balaban J connectivity index is 1.66. The van der Waals surface area contributed by atoms with E-state index in [2.05, 4.69) is 5.32 Å². The average Bonchev–Trinajstić information content (AvgIpc) is 3.03. The van der Waals surface area contributed by atoms with Crippen molar-refractivity contribution in [3.8, 4) is 0 Å². The van der Waals surface area contributed by atoms with Gasteiger partial charge in [-0.25, -0.2) is 0 Å². The number of amides is 1. The lowest BCUT2D eigenvalue weighted by molar-refractivity contribution is -0.385. The minimum absolute atomic E-state index is 0.752. The third kappa shape index (κ3) is 8.04. The number of rotatable bonds is 10. The van der Waals surface area contributed by atoms with E-state index in [1.165, 1.54) is 6.92 Å². The first-order chi connectivity index (χ1) is 22.1. The Hall–Kier alpha value is -1.29. The molecule has 0 aromatic heterocycles. The van der Waals surface area contributed by atoms with E-state index in [1.54, 1.807) is 0 Å². The number of ether oxygens (including phenoxy) is 7. The number of hydrogen-bond acceptors (Lipinski definition) is 20. The van der Waals surface area contributed by atoms with Crippen molar-refractivity contribution in [1.29, 1.82) is 0 Å². The van der Waals surface area contributed by atoms with Gasteiger partial charge in [-0.15, -0.1) is 0 Å². The third-order valence-corrected chi connectivity index (χ3v) is 8.57. The van der Waals surface area contributed by atoms with Crippen molar-refractivity contribution in [2.45, 2.75) is 137 Å². The molecular weight excluding hydrogens is 646 g/mol. The minimum atomic E-state index is -1.94. The van der Waals surface area contributed by atoms with Gasteiger partial charge in [0, 0.05) is 6.92 Å². The lowest BCUT2D eigenvalue weighted by Gasteiger charge is -2.50. The summed E-state index contributed by atoms with van der Waals surface area (Å²) in [5.41, 5.74) is 0. The van der Waals surface area contributed by atoms with Crippen molar-refractivity contribution < 1.29 is 99.2 Å². The highest BCUT2D eigenvalue weighted by Gasteiger charge is 2.55. The molecule has 0 aromatic rings. The first-order valence-corrected chi connectivity index (χ1v) is 15.0. The second-order valence-corrected chi connectivity index (χ2v) is 11.9. The molecule has 0 saturated carbocycles. The van der Waals surface area contributed by atoms with Crippen LogP contribution in [0, 0.1) is 0 Å². The Kier molecular flexibility index (Phi) is 13.2. The molecule has 1 amide bonds. The average molecular weight is 692 g/mol. The standard InChI is InChI=1S/C26H45NO20/c1-6-12(32)16(36)18(38)25(41-6)47-22-17(37)13(33)8(3-28)44-26(22)45-20-11(27-7(2)31)24(43-10(5-30)14(20)34)46-21-15(35)9(4-29)42-23(40)19(21)39/h6,8-26,28-30,32-40H,3-5H2,1-2H3,(H,27,31)/t6-,8+,9+,10+,11+,12+,13-,14+,15-,16+,17-,18-,19+,20+,21-,22+,23+,24-,25-,26-/m0/s1. The van der Waals surface area contributed by atoms with Gasteiger partial charge in [-0.2, -0.15) is 0 Å². The van der Waals surface area contributed by atoms with Crippen LogP contribution in [0.25, 0.3) is 0 Å². The molecule has 0 unspecified atom stereocenters. The van der Waals surface area contributed by atoms with Crippen molar-refractivity contribution in [3.05, 3.63) is 0 Å². The Morgan fingerprint density at radius 1 is 0.553 bits per heavy atom. The monoisotopic (exact) mass is 691 g/mol. The smallest absolute Gasteiger partial charge is 0.217 e. The van der Waals surface area contributed by atoms with Crippen LogP contribution < -0.4 is 5.32 Å². The van der Waals surface area contributed by atoms with Crippen LogP contribution in [-0.4, -0.2) is 210 Å². The number of carbonyl (C=O) groups is 1. The third-order valence-electron chi connectivity index (χ3n) is 8.57. The van der Waals surface area contributed by atoms with E-state index in [9.17, 15) is 66.1 Å². The largest absolute Gasteiger partial charge is 0.394 e. The molecule has 20 atom stereocenters. The van der Waals surface area contributed by atoms with Crippen molar-refractivity contribution in [3.63, 3.8) is 0 Å². The lowest BCUT2D eigenvalue weighted by atomic mass is 9.94. The van der Waals surface area contributed by atoms with E-state index < -0.39 is 148 Å². The first kappa shape index (κ1) is 38.5. The van der Waals surface area contributed by atoms with Gasteiger partial charge in [-0.1, -0.05) is 0 Å². The molecule has 4 heterocycles.